The van der Waals surface area contributed by atoms with Crippen molar-refractivity contribution >= 4 is 52.6 Å². The molecule has 1 aromatic heterocycles. The summed E-state index contributed by atoms with van der Waals surface area (Å²) in [6.45, 7) is 4.54. The first-order valence-electron chi connectivity index (χ1n) is 7.57. The van der Waals surface area contributed by atoms with E-state index in [0.717, 1.165) is 17.9 Å². The molecule has 0 aliphatic heterocycles. The molecule has 128 valence electrons. The Hall–Kier alpha value is -1.30. The van der Waals surface area contributed by atoms with Gasteiger partial charge >= 0.3 is 0 Å². The molecule has 8 heteroatoms. The zero-order chi connectivity index (χ0) is 17.6. The molecule has 0 saturated heterocycles. The zero-order valence-corrected chi connectivity index (χ0v) is 15.5. The molecule has 1 fully saturated rings. The molecule has 1 saturated carbocycles. The minimum atomic E-state index is -0.594. The van der Waals surface area contributed by atoms with Gasteiger partial charge in [-0.3, -0.25) is 4.79 Å². The Kier molecular flexibility index (Phi) is 4.53. The van der Waals surface area contributed by atoms with Crippen LogP contribution in [0.3, 0.4) is 0 Å². The van der Waals surface area contributed by atoms with Crippen LogP contribution in [-0.4, -0.2) is 17.1 Å². The fourth-order valence-corrected chi connectivity index (χ4v) is 4.04. The molecule has 3 aliphatic rings. The molecule has 2 bridgehead atoms. The Bertz CT molecular complexity index is 773. The van der Waals surface area contributed by atoms with Gasteiger partial charge in [0.2, 0.25) is 0 Å². The Labute approximate surface area is 155 Å². The van der Waals surface area contributed by atoms with E-state index >= 15 is 0 Å². The number of carbonyl (C=O) groups excluding carboxylic acids is 1. The number of hydrogen-bond acceptors (Lipinski definition) is 4. The fraction of sp³-hybridized carbons (Fsp3) is 0.438. The third-order valence-electron chi connectivity index (χ3n) is 5.18. The lowest BCUT2D eigenvalue weighted by atomic mass is 9.49. The third kappa shape index (κ3) is 2.79. The van der Waals surface area contributed by atoms with Crippen molar-refractivity contribution in [2.24, 2.45) is 22.4 Å². The van der Waals surface area contributed by atoms with Gasteiger partial charge in [0.15, 0.2) is 10.8 Å². The van der Waals surface area contributed by atoms with Gasteiger partial charge in [0.05, 0.1) is 16.9 Å². The van der Waals surface area contributed by atoms with E-state index in [1.807, 2.05) is 0 Å². The van der Waals surface area contributed by atoms with Crippen molar-refractivity contribution in [2.75, 3.05) is 5.73 Å². The van der Waals surface area contributed by atoms with E-state index in [-0.39, 0.29) is 26.6 Å². The van der Waals surface area contributed by atoms with Crippen molar-refractivity contribution in [3.05, 3.63) is 32.5 Å². The number of amides is 1. The smallest absolute Gasteiger partial charge is 0.291 e. The number of nitrogens with zero attached hydrogens (tertiary/aromatic N) is 2. The summed E-state index contributed by atoms with van der Waals surface area (Å²) in [5.74, 6) is 0.638. The maximum atomic E-state index is 12.2. The Morgan fingerprint density at radius 1 is 1.42 bits per heavy atom. The van der Waals surface area contributed by atoms with E-state index in [1.54, 1.807) is 6.21 Å². The Balaban J connectivity index is 1.72. The van der Waals surface area contributed by atoms with Gasteiger partial charge in [-0.25, -0.2) is 10.4 Å². The fourth-order valence-electron chi connectivity index (χ4n) is 3.45. The largest absolute Gasteiger partial charge is 0.396 e. The summed E-state index contributed by atoms with van der Waals surface area (Å²) in [6.07, 6.45) is 6.10. The molecule has 0 aromatic carbocycles. The number of carbonyl (C=O) groups is 1. The van der Waals surface area contributed by atoms with Crippen molar-refractivity contribution in [3.8, 4) is 0 Å². The average molecular weight is 388 g/mol. The molecule has 24 heavy (non-hydrogen) atoms. The van der Waals surface area contributed by atoms with Gasteiger partial charge in [0.25, 0.3) is 5.91 Å². The lowest BCUT2D eigenvalue weighted by molar-refractivity contribution is -0.00126. The molecule has 1 amide bonds. The van der Waals surface area contributed by atoms with Gasteiger partial charge in [-0.15, -0.1) is 0 Å². The van der Waals surface area contributed by atoms with Gasteiger partial charge in [0, 0.05) is 0 Å². The number of nitrogen functional groups attached to an aromatic ring is 1. The minimum absolute atomic E-state index is 0.0183. The van der Waals surface area contributed by atoms with Crippen molar-refractivity contribution in [2.45, 2.75) is 26.7 Å². The topological polar surface area (TPSA) is 80.4 Å². The average Bonchev–Trinajstić information content (AvgIpc) is 2.56. The third-order valence-corrected chi connectivity index (χ3v) is 6.31. The molecule has 4 rings (SSSR count). The molecule has 3 N–H and O–H groups in total. The second-order valence-electron chi connectivity index (χ2n) is 6.74. The first-order chi connectivity index (χ1) is 11.2. The van der Waals surface area contributed by atoms with Crippen molar-refractivity contribution < 1.29 is 4.79 Å². The van der Waals surface area contributed by atoms with Crippen LogP contribution in [-0.2, 0) is 0 Å². The molecular formula is C16H17Cl3N4O. The van der Waals surface area contributed by atoms with Gasteiger partial charge in [0.1, 0.15) is 5.02 Å². The molecule has 1 aromatic rings. The van der Waals surface area contributed by atoms with Crippen LogP contribution >= 0.6 is 34.8 Å². The standard InChI is InChI=1S/C16H17Cl3N4O/c1-16(2)8-4-3-7(9(16)5-8)6-21-23-15(24)13-10(17)12(20)11(18)14(19)22-13/h3,6,8-9H,4-5H2,1-2H3,(H2,20,22)(H,23,24)/b21-6+/t8-,9-/m1/s1. The highest BCUT2D eigenvalue weighted by molar-refractivity contribution is 6.46. The highest BCUT2D eigenvalue weighted by Crippen LogP contribution is 2.58. The number of pyridine rings is 1. The molecule has 0 radical (unpaired) electrons. The van der Waals surface area contributed by atoms with Crippen LogP contribution in [0.4, 0.5) is 5.69 Å². The van der Waals surface area contributed by atoms with E-state index in [2.05, 4.69) is 35.4 Å². The molecule has 0 spiro atoms. The lowest BCUT2D eigenvalue weighted by Gasteiger charge is -2.55. The number of nitrogens with two attached hydrogens (primary N) is 1. The monoisotopic (exact) mass is 386 g/mol. The number of aromatic nitrogens is 1. The number of allylic oxidation sites excluding steroid dienone is 2. The second-order valence-corrected chi connectivity index (χ2v) is 7.85. The van der Waals surface area contributed by atoms with Crippen LogP contribution in [0.1, 0.15) is 37.2 Å². The second kappa shape index (κ2) is 6.21. The van der Waals surface area contributed by atoms with E-state index in [0.29, 0.717) is 11.3 Å². The quantitative estimate of drug-likeness (QED) is 0.460. The lowest BCUT2D eigenvalue weighted by Crippen LogP contribution is -2.48. The number of hydrazone groups is 1. The normalized spacial score (nSPS) is 24.5. The van der Waals surface area contributed by atoms with E-state index in [1.165, 1.54) is 6.42 Å². The summed E-state index contributed by atoms with van der Waals surface area (Å²) in [7, 11) is 0. The molecule has 3 aliphatic carbocycles. The summed E-state index contributed by atoms with van der Waals surface area (Å²) in [5, 5.41) is 3.93. The van der Waals surface area contributed by atoms with Gasteiger partial charge in [-0.2, -0.15) is 5.10 Å². The summed E-state index contributed by atoms with van der Waals surface area (Å²) < 4.78 is 0. The Morgan fingerprint density at radius 2 is 2.12 bits per heavy atom. The number of hydrogen-bond donors (Lipinski definition) is 2. The molecule has 2 atom stereocenters. The number of halogens is 3. The summed E-state index contributed by atoms with van der Waals surface area (Å²) in [6, 6.07) is 0. The van der Waals surface area contributed by atoms with Gasteiger partial charge in [-0.1, -0.05) is 54.7 Å². The van der Waals surface area contributed by atoms with Crippen LogP contribution < -0.4 is 11.2 Å². The maximum Gasteiger partial charge on any atom is 0.291 e. The summed E-state index contributed by atoms with van der Waals surface area (Å²) >= 11 is 17.7. The number of nitrogens with one attached hydrogen (secondary N) is 1. The van der Waals surface area contributed by atoms with Crippen LogP contribution in [0, 0.1) is 17.3 Å². The number of fused-ring (bicyclic) bond motifs is 1. The van der Waals surface area contributed by atoms with Crippen LogP contribution in [0.15, 0.2) is 16.8 Å². The van der Waals surface area contributed by atoms with E-state index in [4.69, 9.17) is 40.5 Å². The zero-order valence-electron chi connectivity index (χ0n) is 13.2. The van der Waals surface area contributed by atoms with Crippen LogP contribution in [0.2, 0.25) is 15.2 Å². The van der Waals surface area contributed by atoms with E-state index in [9.17, 15) is 4.79 Å². The molecular weight excluding hydrogens is 371 g/mol. The maximum absolute atomic E-state index is 12.2. The minimum Gasteiger partial charge on any atom is -0.396 e. The van der Waals surface area contributed by atoms with Crippen molar-refractivity contribution in [1.29, 1.82) is 0 Å². The number of rotatable bonds is 3. The SMILES string of the molecule is CC1(C)[C@@H]2CC=C(/C=N/NC(=O)c3nc(Cl)c(Cl)c(N)c3Cl)[C@H]1C2. The highest BCUT2D eigenvalue weighted by atomic mass is 35.5. The van der Waals surface area contributed by atoms with E-state index < -0.39 is 5.91 Å². The first kappa shape index (κ1) is 17.5. The predicted octanol–water partition coefficient (Wildman–Crippen LogP) is 4.33. The van der Waals surface area contributed by atoms with Crippen LogP contribution in [0.25, 0.3) is 0 Å². The summed E-state index contributed by atoms with van der Waals surface area (Å²) in [5.41, 5.74) is 9.47. The van der Waals surface area contributed by atoms with Crippen molar-refractivity contribution in [1.82, 2.24) is 10.4 Å². The first-order valence-corrected chi connectivity index (χ1v) is 8.70. The Morgan fingerprint density at radius 3 is 2.75 bits per heavy atom. The predicted molar refractivity (Wildman–Crippen MR) is 97.7 cm³/mol. The molecule has 5 nitrogen and oxygen atoms in total. The number of anilines is 1. The van der Waals surface area contributed by atoms with Crippen molar-refractivity contribution in [3.63, 3.8) is 0 Å². The summed E-state index contributed by atoms with van der Waals surface area (Å²) in [4.78, 5) is 16.1. The van der Waals surface area contributed by atoms with Gasteiger partial charge in [-0.05, 0) is 35.7 Å². The molecule has 0 unspecified atom stereocenters. The van der Waals surface area contributed by atoms with Gasteiger partial charge < -0.3 is 5.73 Å². The van der Waals surface area contributed by atoms with Crippen LogP contribution in [0.5, 0.6) is 0 Å². The molecule has 1 heterocycles. The highest BCUT2D eigenvalue weighted by Gasteiger charge is 2.50.